The molecule has 2 aromatic carbocycles. The number of hydrogen-bond acceptors (Lipinski definition) is 4. The van der Waals surface area contributed by atoms with Crippen LogP contribution in [0.25, 0.3) is 11.0 Å². The fourth-order valence-electron chi connectivity index (χ4n) is 5.64. The third-order valence-corrected chi connectivity index (χ3v) is 7.14. The van der Waals surface area contributed by atoms with Gasteiger partial charge in [0.05, 0.1) is 28.9 Å². The second-order valence-electron chi connectivity index (χ2n) is 9.83. The second-order valence-corrected chi connectivity index (χ2v) is 9.83. The molecule has 7 nitrogen and oxygen atoms in total. The molecule has 180 valence electrons. The molecule has 2 aliphatic rings. The summed E-state index contributed by atoms with van der Waals surface area (Å²) in [6.45, 7) is 9.90. The Balaban J connectivity index is 1.53. The van der Waals surface area contributed by atoms with E-state index in [9.17, 15) is 9.90 Å². The monoisotopic (exact) mass is 462 g/mol. The lowest BCUT2D eigenvalue weighted by Crippen LogP contribution is -2.46. The average Bonchev–Trinajstić information content (AvgIpc) is 3.14. The minimum absolute atomic E-state index is 0.0291. The van der Waals surface area contributed by atoms with E-state index in [1.165, 1.54) is 10.5 Å². The van der Waals surface area contributed by atoms with Gasteiger partial charge in [-0.25, -0.2) is 9.78 Å². The molecule has 2 aliphatic heterocycles. The summed E-state index contributed by atoms with van der Waals surface area (Å²) in [5, 5.41) is 9.84. The van der Waals surface area contributed by atoms with Gasteiger partial charge in [-0.15, -0.1) is 0 Å². The van der Waals surface area contributed by atoms with Gasteiger partial charge >= 0.3 is 6.09 Å². The van der Waals surface area contributed by atoms with E-state index in [1.807, 2.05) is 19.1 Å². The lowest BCUT2D eigenvalue weighted by Gasteiger charge is -2.35. The van der Waals surface area contributed by atoms with Crippen molar-refractivity contribution in [3.05, 3.63) is 59.4 Å². The van der Waals surface area contributed by atoms with Crippen molar-refractivity contribution in [3.63, 3.8) is 0 Å². The summed E-state index contributed by atoms with van der Waals surface area (Å²) in [5.74, 6) is 1.03. The number of benzene rings is 2. The van der Waals surface area contributed by atoms with E-state index in [4.69, 9.17) is 9.72 Å². The first-order valence-corrected chi connectivity index (χ1v) is 12.4. The number of hydrogen-bond donors (Lipinski definition) is 1. The van der Waals surface area contributed by atoms with Crippen LogP contribution in [0.4, 0.5) is 10.5 Å². The van der Waals surface area contributed by atoms with Crippen molar-refractivity contribution in [1.29, 1.82) is 0 Å². The third-order valence-electron chi connectivity index (χ3n) is 7.14. The highest BCUT2D eigenvalue weighted by molar-refractivity contribution is 5.94. The second kappa shape index (κ2) is 9.39. The number of aromatic nitrogens is 2. The summed E-state index contributed by atoms with van der Waals surface area (Å²) >= 11 is 0. The van der Waals surface area contributed by atoms with Crippen LogP contribution in [0.1, 0.15) is 44.1 Å². The van der Waals surface area contributed by atoms with E-state index in [2.05, 4.69) is 53.6 Å². The van der Waals surface area contributed by atoms with Crippen LogP contribution in [0.3, 0.4) is 0 Å². The summed E-state index contributed by atoms with van der Waals surface area (Å²) in [4.78, 5) is 21.1. The summed E-state index contributed by atoms with van der Waals surface area (Å²) in [6.07, 6.45) is 1.98. The maximum Gasteiger partial charge on any atom is 0.412 e. The van der Waals surface area contributed by atoms with Crippen LogP contribution in [0.2, 0.25) is 0 Å². The number of rotatable bonds is 5. The van der Waals surface area contributed by atoms with Gasteiger partial charge in [0.25, 0.3) is 0 Å². The van der Waals surface area contributed by atoms with Gasteiger partial charge in [-0.3, -0.25) is 9.80 Å². The van der Waals surface area contributed by atoms with Crippen LogP contribution >= 0.6 is 0 Å². The molecule has 0 aliphatic carbocycles. The fraction of sp³-hybridized carbons (Fsp3) is 0.481. The highest BCUT2D eigenvalue weighted by Crippen LogP contribution is 2.36. The smallest absolute Gasteiger partial charge is 0.412 e. The van der Waals surface area contributed by atoms with Crippen molar-refractivity contribution in [2.24, 2.45) is 0 Å². The van der Waals surface area contributed by atoms with Crippen LogP contribution in [0.5, 0.6) is 0 Å². The predicted octanol–water partition coefficient (Wildman–Crippen LogP) is 4.56. The lowest BCUT2D eigenvalue weighted by atomic mass is 9.96. The van der Waals surface area contributed by atoms with Crippen molar-refractivity contribution in [2.75, 3.05) is 24.5 Å². The molecule has 3 aromatic rings. The Hall–Kier alpha value is -2.90. The summed E-state index contributed by atoms with van der Waals surface area (Å²) in [7, 11) is 0. The molecule has 3 heterocycles. The molecule has 1 amide bonds. The van der Waals surface area contributed by atoms with Crippen LogP contribution in [0.15, 0.2) is 42.5 Å². The SMILES string of the molecule is C[C@@H]1CN(CCn2c(Cc3ccccc3)nc3c4c(ccc32)N(C(=O)O)[C@@H](C)CC4)C[C@H](C)O1. The zero-order valence-electron chi connectivity index (χ0n) is 20.3. The van der Waals surface area contributed by atoms with Gasteiger partial charge in [0.1, 0.15) is 5.82 Å². The first kappa shape index (κ1) is 22.9. The summed E-state index contributed by atoms with van der Waals surface area (Å²) in [6, 6.07) is 14.4. The van der Waals surface area contributed by atoms with Crippen LogP contribution in [0, 0.1) is 0 Å². The molecule has 1 saturated heterocycles. The zero-order chi connectivity index (χ0) is 23.8. The summed E-state index contributed by atoms with van der Waals surface area (Å²) < 4.78 is 8.26. The van der Waals surface area contributed by atoms with E-state index < -0.39 is 6.09 Å². The maximum absolute atomic E-state index is 12.0. The van der Waals surface area contributed by atoms with Crippen molar-refractivity contribution in [2.45, 2.75) is 64.8 Å². The first-order chi connectivity index (χ1) is 16.4. The number of aryl methyl sites for hydroxylation is 1. The molecule has 0 spiro atoms. The van der Waals surface area contributed by atoms with Gasteiger partial charge in [-0.05, 0) is 51.3 Å². The Morgan fingerprint density at radius 3 is 2.50 bits per heavy atom. The lowest BCUT2D eigenvalue weighted by molar-refractivity contribution is -0.0685. The van der Waals surface area contributed by atoms with Gasteiger partial charge in [0.15, 0.2) is 0 Å². The number of amides is 1. The number of anilines is 1. The van der Waals surface area contributed by atoms with Crippen LogP contribution in [-0.4, -0.2) is 63.5 Å². The number of morpholine rings is 1. The molecular formula is C27H34N4O3. The quantitative estimate of drug-likeness (QED) is 0.602. The van der Waals surface area contributed by atoms with Gasteiger partial charge in [0.2, 0.25) is 0 Å². The molecule has 1 fully saturated rings. The standard InChI is InChI=1S/C27H34N4O3/c1-18-9-10-22-23(31(18)27(32)33)11-12-24-26(22)28-25(15-21-7-5-4-6-8-21)30(24)14-13-29-16-19(2)34-20(3)17-29/h4-8,11-12,18-20H,9-10,13-17H2,1-3H3,(H,32,33)/t18-,19-,20+/m0/s1. The van der Waals surface area contributed by atoms with E-state index in [1.54, 1.807) is 0 Å². The molecule has 0 saturated carbocycles. The largest absolute Gasteiger partial charge is 0.465 e. The summed E-state index contributed by atoms with van der Waals surface area (Å²) in [5.41, 5.74) is 5.11. The highest BCUT2D eigenvalue weighted by atomic mass is 16.5. The number of imidazole rings is 1. The van der Waals surface area contributed by atoms with E-state index >= 15 is 0 Å². The van der Waals surface area contributed by atoms with E-state index in [0.29, 0.717) is 0 Å². The van der Waals surface area contributed by atoms with Gasteiger partial charge in [-0.1, -0.05) is 30.3 Å². The van der Waals surface area contributed by atoms with Gasteiger partial charge in [0, 0.05) is 44.2 Å². The number of carboxylic acid groups (broad SMARTS) is 1. The Kier molecular flexibility index (Phi) is 6.32. The third kappa shape index (κ3) is 4.42. The molecule has 7 heteroatoms. The normalized spacial score (nSPS) is 23.3. The van der Waals surface area contributed by atoms with Gasteiger partial charge < -0.3 is 14.4 Å². The van der Waals surface area contributed by atoms with Crippen molar-refractivity contribution in [3.8, 4) is 0 Å². The maximum atomic E-state index is 12.0. The Labute approximate surface area is 200 Å². The van der Waals surface area contributed by atoms with Crippen molar-refractivity contribution in [1.82, 2.24) is 14.5 Å². The first-order valence-electron chi connectivity index (χ1n) is 12.4. The minimum Gasteiger partial charge on any atom is -0.465 e. The topological polar surface area (TPSA) is 70.8 Å². The predicted molar refractivity (Wildman–Crippen MR) is 134 cm³/mol. The molecule has 34 heavy (non-hydrogen) atoms. The van der Waals surface area contributed by atoms with Crippen molar-refractivity contribution < 1.29 is 14.6 Å². The molecule has 1 N–H and O–H groups in total. The van der Waals surface area contributed by atoms with E-state index in [0.717, 1.165) is 73.6 Å². The van der Waals surface area contributed by atoms with Crippen LogP contribution < -0.4 is 4.90 Å². The Morgan fingerprint density at radius 1 is 1.06 bits per heavy atom. The molecule has 0 unspecified atom stereocenters. The average molecular weight is 463 g/mol. The minimum atomic E-state index is -0.896. The molecule has 0 radical (unpaired) electrons. The Bertz CT molecular complexity index is 1170. The van der Waals surface area contributed by atoms with E-state index in [-0.39, 0.29) is 18.2 Å². The highest BCUT2D eigenvalue weighted by Gasteiger charge is 2.31. The van der Waals surface area contributed by atoms with Crippen LogP contribution in [-0.2, 0) is 24.1 Å². The van der Waals surface area contributed by atoms with Crippen molar-refractivity contribution >= 4 is 22.8 Å². The molecule has 0 bridgehead atoms. The number of carbonyl (C=O) groups is 1. The van der Waals surface area contributed by atoms with Gasteiger partial charge in [-0.2, -0.15) is 0 Å². The number of ether oxygens (including phenoxy) is 1. The molecule has 5 rings (SSSR count). The fourth-order valence-corrected chi connectivity index (χ4v) is 5.64. The number of nitrogens with zero attached hydrogens (tertiary/aromatic N) is 4. The Morgan fingerprint density at radius 2 is 1.79 bits per heavy atom. The molecule has 1 aromatic heterocycles. The molecular weight excluding hydrogens is 428 g/mol. The number of fused-ring (bicyclic) bond motifs is 3. The zero-order valence-corrected chi connectivity index (χ0v) is 20.3. The molecule has 3 atom stereocenters.